The zero-order chi connectivity index (χ0) is 30.2. The Kier molecular flexibility index (Phi) is 9.79. The number of nitrogens with one attached hydrogen (secondary N) is 6. The predicted molar refractivity (Wildman–Crippen MR) is 160 cm³/mol. The average molecular weight is 576 g/mol. The van der Waals surface area contributed by atoms with Crippen molar-refractivity contribution in [3.8, 4) is 0 Å². The monoisotopic (exact) mass is 575 g/mol. The Balaban J connectivity index is 1.71. The molecule has 42 heavy (non-hydrogen) atoms. The van der Waals surface area contributed by atoms with Crippen LogP contribution in [0.25, 0.3) is 21.8 Å². The molecule has 1 unspecified atom stereocenters. The third-order valence-corrected chi connectivity index (χ3v) is 7.17. The van der Waals surface area contributed by atoms with Crippen LogP contribution in [0.1, 0.15) is 37.3 Å². The molecule has 1 aliphatic rings. The summed E-state index contributed by atoms with van der Waals surface area (Å²) in [5.41, 5.74) is 9.20. The number of methoxy groups -OCH3 is 1. The van der Waals surface area contributed by atoms with Crippen molar-refractivity contribution in [2.45, 2.75) is 57.2 Å². The van der Waals surface area contributed by atoms with Gasteiger partial charge in [0.1, 0.15) is 18.1 Å². The van der Waals surface area contributed by atoms with Gasteiger partial charge in [0.05, 0.1) is 7.11 Å². The van der Waals surface area contributed by atoms with Crippen molar-refractivity contribution in [3.63, 3.8) is 0 Å². The fourth-order valence-electron chi connectivity index (χ4n) is 5.09. The van der Waals surface area contributed by atoms with Crippen molar-refractivity contribution in [2.24, 2.45) is 5.73 Å². The van der Waals surface area contributed by atoms with Gasteiger partial charge in [-0.25, -0.2) is 4.79 Å². The third kappa shape index (κ3) is 7.65. The molecule has 0 aliphatic carbocycles. The van der Waals surface area contributed by atoms with Gasteiger partial charge < -0.3 is 36.7 Å². The van der Waals surface area contributed by atoms with Crippen LogP contribution in [0.3, 0.4) is 0 Å². The van der Waals surface area contributed by atoms with E-state index in [0.29, 0.717) is 19.4 Å². The van der Waals surface area contributed by atoms with Crippen molar-refractivity contribution in [1.29, 1.82) is 5.41 Å². The van der Waals surface area contributed by atoms with Gasteiger partial charge in [-0.1, -0.05) is 24.3 Å². The molecule has 0 saturated carbocycles. The van der Waals surface area contributed by atoms with Gasteiger partial charge in [0.2, 0.25) is 17.7 Å². The second-order valence-corrected chi connectivity index (χ2v) is 10.4. The van der Waals surface area contributed by atoms with E-state index in [1.807, 2.05) is 42.5 Å². The Labute approximate surface area is 243 Å². The average Bonchev–Trinajstić information content (AvgIpc) is 3.31. The minimum Gasteiger partial charge on any atom is -0.467 e. The molecule has 0 spiro atoms. The number of guanidine groups is 1. The number of aromatic amines is 1. The number of carbonyl (C=O) groups excluding carboxylic acids is 4. The van der Waals surface area contributed by atoms with Crippen LogP contribution in [0.15, 0.2) is 48.6 Å². The van der Waals surface area contributed by atoms with E-state index in [1.54, 1.807) is 0 Å². The predicted octanol–water partition coefficient (Wildman–Crippen LogP) is 1.28. The summed E-state index contributed by atoms with van der Waals surface area (Å²) in [6.07, 6.45) is 5.35. The first kappa shape index (κ1) is 30.1. The molecule has 12 nitrogen and oxygen atoms in total. The van der Waals surface area contributed by atoms with E-state index >= 15 is 0 Å². The maximum atomic E-state index is 13.5. The van der Waals surface area contributed by atoms with Crippen molar-refractivity contribution < 1.29 is 23.9 Å². The number of esters is 1. The van der Waals surface area contributed by atoms with Gasteiger partial charge in [0, 0.05) is 41.7 Å². The van der Waals surface area contributed by atoms with Gasteiger partial charge in [0.25, 0.3) is 0 Å². The summed E-state index contributed by atoms with van der Waals surface area (Å²) in [6.45, 7) is 1.63. The molecule has 4 bridgehead atoms. The number of amides is 3. The normalized spacial score (nSPS) is 19.7. The van der Waals surface area contributed by atoms with Crippen molar-refractivity contribution in [2.75, 3.05) is 13.7 Å². The second kappa shape index (κ2) is 13.7. The number of fused-ring (bicyclic) bond motifs is 2. The molecule has 3 amide bonds. The number of benzene rings is 2. The number of H-pyrrole nitrogens is 1. The van der Waals surface area contributed by atoms with Crippen LogP contribution in [-0.2, 0) is 36.8 Å². The number of allylic oxidation sites excluding steroid dienone is 1. The zero-order valence-corrected chi connectivity index (χ0v) is 23.7. The minimum atomic E-state index is -1.02. The molecule has 3 atom stereocenters. The molecule has 0 saturated heterocycles. The van der Waals surface area contributed by atoms with E-state index in [9.17, 15) is 19.2 Å². The molecule has 1 aliphatic heterocycles. The summed E-state index contributed by atoms with van der Waals surface area (Å²) in [5, 5.41) is 20.2. The number of hydrogen-bond donors (Lipinski definition) is 7. The van der Waals surface area contributed by atoms with Gasteiger partial charge in [0.15, 0.2) is 5.96 Å². The van der Waals surface area contributed by atoms with Gasteiger partial charge >= 0.3 is 5.97 Å². The Hall–Kier alpha value is -4.87. The van der Waals surface area contributed by atoms with E-state index < -0.39 is 35.9 Å². The van der Waals surface area contributed by atoms with Crippen LogP contribution in [0, 0.1) is 5.41 Å². The number of rotatable bonds is 6. The first-order valence-electron chi connectivity index (χ1n) is 13.9. The van der Waals surface area contributed by atoms with E-state index in [1.165, 1.54) is 14.0 Å². The number of hydrogen-bond acceptors (Lipinski definition) is 6. The van der Waals surface area contributed by atoms with Crippen LogP contribution >= 0.6 is 0 Å². The molecule has 12 heteroatoms. The number of carbonyl (C=O) groups is 4. The van der Waals surface area contributed by atoms with Crippen LogP contribution in [-0.4, -0.2) is 66.4 Å². The molecule has 222 valence electrons. The molecular formula is C30H37N7O5. The summed E-state index contributed by atoms with van der Waals surface area (Å²) in [5.74, 6) is -2.32. The van der Waals surface area contributed by atoms with E-state index in [-0.39, 0.29) is 31.1 Å². The Morgan fingerprint density at radius 2 is 1.71 bits per heavy atom. The molecule has 4 rings (SSSR count). The smallest absolute Gasteiger partial charge is 0.328 e. The molecular weight excluding hydrogens is 538 g/mol. The SMILES string of the molecule is COC(=O)[C@@H]1CC=CCc2ccc3[nH]c4ccc(cc4c3c2)CC(NC(C)=O)C(=O)N[C@@H](CCCNC(=N)N)C(=O)N1. The highest BCUT2D eigenvalue weighted by Gasteiger charge is 2.29. The summed E-state index contributed by atoms with van der Waals surface area (Å²) in [7, 11) is 1.25. The van der Waals surface area contributed by atoms with Gasteiger partial charge in [-0.2, -0.15) is 0 Å². The molecule has 0 fully saturated rings. The van der Waals surface area contributed by atoms with Crippen molar-refractivity contribution >= 4 is 51.5 Å². The molecule has 3 aromatic rings. The Morgan fingerprint density at radius 3 is 2.38 bits per heavy atom. The largest absolute Gasteiger partial charge is 0.467 e. The van der Waals surface area contributed by atoms with Gasteiger partial charge in [-0.15, -0.1) is 0 Å². The summed E-state index contributed by atoms with van der Waals surface area (Å²) < 4.78 is 4.92. The first-order chi connectivity index (χ1) is 20.1. The van der Waals surface area contributed by atoms with E-state index in [0.717, 1.165) is 32.9 Å². The molecule has 2 heterocycles. The highest BCUT2D eigenvalue weighted by molar-refractivity contribution is 6.07. The molecule has 1 aromatic heterocycles. The highest BCUT2D eigenvalue weighted by Crippen LogP contribution is 2.28. The lowest BCUT2D eigenvalue weighted by Gasteiger charge is -2.25. The summed E-state index contributed by atoms with van der Waals surface area (Å²) in [6, 6.07) is 9.08. The summed E-state index contributed by atoms with van der Waals surface area (Å²) in [4.78, 5) is 55.0. The molecule has 0 radical (unpaired) electrons. The van der Waals surface area contributed by atoms with Crippen molar-refractivity contribution in [1.82, 2.24) is 26.3 Å². The van der Waals surface area contributed by atoms with Crippen LogP contribution in [0.2, 0.25) is 0 Å². The summed E-state index contributed by atoms with van der Waals surface area (Å²) >= 11 is 0. The lowest BCUT2D eigenvalue weighted by molar-refractivity contribution is -0.145. The fraction of sp³-hybridized carbons (Fsp3) is 0.367. The van der Waals surface area contributed by atoms with Crippen LogP contribution < -0.4 is 27.0 Å². The maximum Gasteiger partial charge on any atom is 0.328 e. The number of aromatic nitrogens is 1. The number of ether oxygens (including phenoxy) is 1. The molecule has 2 aromatic carbocycles. The van der Waals surface area contributed by atoms with Gasteiger partial charge in [-0.05, 0) is 61.1 Å². The zero-order valence-electron chi connectivity index (χ0n) is 23.7. The van der Waals surface area contributed by atoms with Crippen LogP contribution in [0.4, 0.5) is 0 Å². The van der Waals surface area contributed by atoms with Crippen molar-refractivity contribution in [3.05, 3.63) is 59.7 Å². The highest BCUT2D eigenvalue weighted by atomic mass is 16.5. The lowest BCUT2D eigenvalue weighted by atomic mass is 10.0. The Bertz CT molecular complexity index is 1530. The van der Waals surface area contributed by atoms with E-state index in [2.05, 4.69) is 32.3 Å². The third-order valence-electron chi connectivity index (χ3n) is 7.17. The second-order valence-electron chi connectivity index (χ2n) is 10.4. The fourth-order valence-corrected chi connectivity index (χ4v) is 5.09. The quantitative estimate of drug-likeness (QED) is 0.0757. The lowest BCUT2D eigenvalue weighted by Crippen LogP contribution is -2.56. The topological polar surface area (TPSA) is 191 Å². The van der Waals surface area contributed by atoms with E-state index in [4.69, 9.17) is 15.9 Å². The maximum absolute atomic E-state index is 13.5. The van der Waals surface area contributed by atoms with Crippen LogP contribution in [0.5, 0.6) is 0 Å². The Morgan fingerprint density at radius 1 is 1.02 bits per heavy atom. The minimum absolute atomic E-state index is 0.191. The van der Waals surface area contributed by atoms with Gasteiger partial charge in [-0.3, -0.25) is 19.8 Å². The first-order valence-corrected chi connectivity index (χ1v) is 13.9. The number of nitrogens with two attached hydrogens (primary N) is 1. The standard InChI is InChI=1S/C30H37N7O5/c1-17(38)34-26-16-19-10-12-23-21(15-19)20-14-18(9-11-22(20)35-23)6-3-4-7-25(29(41)42-2)37-27(39)24(36-28(26)40)8-5-13-33-30(31)32/h3-4,9-12,14-15,24-26,35H,5-8,13,16H2,1-2H3,(H,34,38)(H,36,40)(H,37,39)(H4,31,32,33)/t24-,25-,26?/m0/s1. The molecule has 8 N–H and O–H groups in total.